The number of hydrogen-bond donors (Lipinski definition) is 2. The van der Waals surface area contributed by atoms with E-state index in [0.29, 0.717) is 19.0 Å². The van der Waals surface area contributed by atoms with Crippen molar-refractivity contribution in [3.8, 4) is 0 Å². The summed E-state index contributed by atoms with van der Waals surface area (Å²) in [6, 6.07) is 13.3. The van der Waals surface area contributed by atoms with Gasteiger partial charge in [-0.2, -0.15) is 4.98 Å². The second-order valence-electron chi connectivity index (χ2n) is 8.22. The van der Waals surface area contributed by atoms with E-state index in [1.54, 1.807) is 25.5 Å². The Morgan fingerprint density at radius 1 is 1.16 bits per heavy atom. The van der Waals surface area contributed by atoms with Gasteiger partial charge in [0.25, 0.3) is 0 Å². The van der Waals surface area contributed by atoms with Crippen molar-refractivity contribution in [2.45, 2.75) is 26.3 Å². The van der Waals surface area contributed by atoms with Crippen LogP contribution in [0.15, 0.2) is 59.7 Å². The van der Waals surface area contributed by atoms with Gasteiger partial charge in [0, 0.05) is 45.1 Å². The van der Waals surface area contributed by atoms with Gasteiger partial charge in [0.15, 0.2) is 0 Å². The molecule has 3 heterocycles. The van der Waals surface area contributed by atoms with Crippen molar-refractivity contribution in [3.05, 3.63) is 76.3 Å². The molecule has 1 aliphatic heterocycles. The highest BCUT2D eigenvalue weighted by molar-refractivity contribution is 5.79. The number of benzene rings is 1. The fourth-order valence-electron chi connectivity index (χ4n) is 3.82. The van der Waals surface area contributed by atoms with Gasteiger partial charge in [-0.1, -0.05) is 29.8 Å². The van der Waals surface area contributed by atoms with Crippen molar-refractivity contribution < 1.29 is 4.79 Å². The average molecular weight is 433 g/mol. The van der Waals surface area contributed by atoms with E-state index in [9.17, 15) is 9.59 Å². The Labute approximate surface area is 187 Å². The number of anilines is 3. The molecule has 1 amide bonds. The average Bonchev–Trinajstić information content (AvgIpc) is 2.81. The number of carbonyl (C=O) groups excluding carboxylic acids is 1. The molecule has 0 radical (unpaired) electrons. The molecular weight excluding hydrogens is 404 g/mol. The Bertz CT molecular complexity index is 1140. The number of nitrogens with zero attached hydrogens (tertiary/aromatic N) is 4. The Balaban J connectivity index is 1.38. The highest BCUT2D eigenvalue weighted by Gasteiger charge is 2.26. The number of carbonyl (C=O) groups is 1. The quantitative estimate of drug-likeness (QED) is 0.622. The SMILES string of the molecule is Cc1ccc(CNC(=O)[C@H]2CCCN(c3ccnc(Nc4ccc(=O)n(C)c4)n3)C2)cc1. The molecule has 0 unspecified atom stereocenters. The molecule has 0 saturated carbocycles. The molecule has 0 spiro atoms. The first-order chi connectivity index (χ1) is 15.5. The van der Waals surface area contributed by atoms with Crippen LogP contribution in [0, 0.1) is 12.8 Å². The van der Waals surface area contributed by atoms with Crippen LogP contribution in [0.25, 0.3) is 0 Å². The third-order valence-corrected chi connectivity index (χ3v) is 5.69. The summed E-state index contributed by atoms with van der Waals surface area (Å²) in [4.78, 5) is 35.4. The minimum atomic E-state index is -0.0794. The first-order valence-electron chi connectivity index (χ1n) is 10.8. The summed E-state index contributed by atoms with van der Waals surface area (Å²) in [5.41, 5.74) is 2.96. The zero-order chi connectivity index (χ0) is 22.5. The molecule has 0 bridgehead atoms. The standard InChI is InChI=1S/C24H28N6O2/c1-17-5-7-18(8-6-17)14-26-23(32)19-4-3-13-30(15-19)21-11-12-25-24(28-21)27-20-9-10-22(31)29(2)16-20/h5-12,16,19H,3-4,13-15H2,1-2H3,(H,26,32)(H,25,27,28)/t19-/m0/s1. The topological polar surface area (TPSA) is 92.2 Å². The summed E-state index contributed by atoms with van der Waals surface area (Å²) in [5.74, 6) is 1.23. The van der Waals surface area contributed by atoms with Crippen LogP contribution in [0.3, 0.4) is 0 Å². The number of aryl methyl sites for hydroxylation is 2. The molecule has 32 heavy (non-hydrogen) atoms. The van der Waals surface area contributed by atoms with Crippen LogP contribution < -0.4 is 21.1 Å². The summed E-state index contributed by atoms with van der Waals surface area (Å²) >= 11 is 0. The smallest absolute Gasteiger partial charge is 0.250 e. The van der Waals surface area contributed by atoms with Crippen LogP contribution in [-0.2, 0) is 18.4 Å². The van der Waals surface area contributed by atoms with Crippen molar-refractivity contribution in [1.82, 2.24) is 19.9 Å². The van der Waals surface area contributed by atoms with Crippen LogP contribution in [-0.4, -0.2) is 33.5 Å². The van der Waals surface area contributed by atoms with Crippen molar-refractivity contribution in [3.63, 3.8) is 0 Å². The van der Waals surface area contributed by atoms with E-state index in [-0.39, 0.29) is 17.4 Å². The minimum absolute atomic E-state index is 0.0767. The maximum atomic E-state index is 12.8. The van der Waals surface area contributed by atoms with Gasteiger partial charge in [-0.15, -0.1) is 0 Å². The van der Waals surface area contributed by atoms with E-state index in [1.165, 1.54) is 16.2 Å². The summed E-state index contributed by atoms with van der Waals surface area (Å²) in [5, 5.41) is 6.22. The number of pyridine rings is 1. The lowest BCUT2D eigenvalue weighted by molar-refractivity contribution is -0.125. The van der Waals surface area contributed by atoms with Gasteiger partial charge in [-0.05, 0) is 37.5 Å². The van der Waals surface area contributed by atoms with Gasteiger partial charge < -0.3 is 20.1 Å². The van der Waals surface area contributed by atoms with Crippen LogP contribution in [0.4, 0.5) is 17.5 Å². The second kappa shape index (κ2) is 9.64. The summed E-state index contributed by atoms with van der Waals surface area (Å²) < 4.78 is 1.50. The Hall–Kier alpha value is -3.68. The normalized spacial score (nSPS) is 15.9. The zero-order valence-corrected chi connectivity index (χ0v) is 18.4. The van der Waals surface area contributed by atoms with Crippen LogP contribution in [0.5, 0.6) is 0 Å². The fourth-order valence-corrected chi connectivity index (χ4v) is 3.82. The van der Waals surface area contributed by atoms with Gasteiger partial charge in [0.05, 0.1) is 11.6 Å². The summed E-state index contributed by atoms with van der Waals surface area (Å²) in [6.45, 7) is 4.06. The molecule has 1 aromatic carbocycles. The molecule has 166 valence electrons. The zero-order valence-electron chi connectivity index (χ0n) is 18.4. The Morgan fingerprint density at radius 2 is 1.97 bits per heavy atom. The van der Waals surface area contributed by atoms with Crippen LogP contribution in [0.2, 0.25) is 0 Å². The van der Waals surface area contributed by atoms with Crippen molar-refractivity contribution >= 4 is 23.4 Å². The van der Waals surface area contributed by atoms with E-state index in [4.69, 9.17) is 0 Å². The van der Waals surface area contributed by atoms with E-state index in [0.717, 1.165) is 36.5 Å². The molecule has 1 aliphatic rings. The first-order valence-corrected chi connectivity index (χ1v) is 10.8. The fraction of sp³-hybridized carbons (Fsp3) is 0.333. The van der Waals surface area contributed by atoms with E-state index in [1.807, 2.05) is 18.2 Å². The maximum Gasteiger partial charge on any atom is 0.250 e. The van der Waals surface area contributed by atoms with Gasteiger partial charge in [-0.25, -0.2) is 4.98 Å². The molecule has 2 aromatic heterocycles. The molecule has 8 heteroatoms. The lowest BCUT2D eigenvalue weighted by Gasteiger charge is -2.33. The first kappa shape index (κ1) is 21.5. The second-order valence-corrected chi connectivity index (χ2v) is 8.22. The monoisotopic (exact) mass is 432 g/mol. The third-order valence-electron chi connectivity index (χ3n) is 5.69. The molecule has 1 atom stereocenters. The van der Waals surface area contributed by atoms with Crippen LogP contribution >= 0.6 is 0 Å². The van der Waals surface area contributed by atoms with Gasteiger partial charge in [-0.3, -0.25) is 9.59 Å². The molecule has 1 fully saturated rings. The van der Waals surface area contributed by atoms with Gasteiger partial charge >= 0.3 is 0 Å². The number of hydrogen-bond acceptors (Lipinski definition) is 6. The van der Waals surface area contributed by atoms with Gasteiger partial charge in [0.1, 0.15) is 5.82 Å². The number of nitrogens with one attached hydrogen (secondary N) is 2. The molecular formula is C24H28N6O2. The molecule has 4 rings (SSSR count). The molecule has 8 nitrogen and oxygen atoms in total. The number of aromatic nitrogens is 3. The lowest BCUT2D eigenvalue weighted by atomic mass is 9.97. The van der Waals surface area contributed by atoms with Crippen molar-refractivity contribution in [1.29, 1.82) is 0 Å². The number of rotatable bonds is 6. The van der Waals surface area contributed by atoms with Crippen molar-refractivity contribution in [2.75, 3.05) is 23.3 Å². The summed E-state index contributed by atoms with van der Waals surface area (Å²) in [6.07, 6.45) is 5.20. The molecule has 3 aromatic rings. The van der Waals surface area contributed by atoms with E-state index >= 15 is 0 Å². The van der Waals surface area contributed by atoms with Crippen molar-refractivity contribution in [2.24, 2.45) is 13.0 Å². The largest absolute Gasteiger partial charge is 0.356 e. The lowest BCUT2D eigenvalue weighted by Crippen LogP contribution is -2.43. The predicted octanol–water partition coefficient (Wildman–Crippen LogP) is 2.76. The predicted molar refractivity (Wildman–Crippen MR) is 125 cm³/mol. The van der Waals surface area contributed by atoms with Crippen LogP contribution in [0.1, 0.15) is 24.0 Å². The highest BCUT2D eigenvalue weighted by atomic mass is 16.2. The maximum absolute atomic E-state index is 12.8. The third kappa shape index (κ3) is 5.32. The number of amides is 1. The van der Waals surface area contributed by atoms with E-state index < -0.39 is 0 Å². The number of piperidine rings is 1. The molecule has 0 aliphatic carbocycles. The van der Waals surface area contributed by atoms with E-state index in [2.05, 4.69) is 44.6 Å². The molecule has 1 saturated heterocycles. The molecule has 2 N–H and O–H groups in total. The van der Waals surface area contributed by atoms with Gasteiger partial charge in [0.2, 0.25) is 17.4 Å². The summed E-state index contributed by atoms with van der Waals surface area (Å²) in [7, 11) is 1.70. The Kier molecular flexibility index (Phi) is 6.49. The highest BCUT2D eigenvalue weighted by Crippen LogP contribution is 2.23. The Morgan fingerprint density at radius 3 is 2.75 bits per heavy atom. The minimum Gasteiger partial charge on any atom is -0.356 e.